The van der Waals surface area contributed by atoms with Crippen molar-refractivity contribution in [3.63, 3.8) is 0 Å². The second-order valence-electron chi connectivity index (χ2n) is 6.15. The van der Waals surface area contributed by atoms with E-state index in [0.717, 1.165) is 0 Å². The van der Waals surface area contributed by atoms with Crippen molar-refractivity contribution >= 4 is 13.6 Å². The molecule has 2 aromatic rings. The van der Waals surface area contributed by atoms with Gasteiger partial charge in [0.05, 0.1) is 5.66 Å². The molecule has 25 heavy (non-hydrogen) atoms. The van der Waals surface area contributed by atoms with Crippen LogP contribution in [-0.4, -0.2) is 21.6 Å². The quantitative estimate of drug-likeness (QED) is 0.681. The van der Waals surface area contributed by atoms with Crippen LogP contribution in [0.2, 0.25) is 0 Å². The summed E-state index contributed by atoms with van der Waals surface area (Å²) in [6.07, 6.45) is 5.79. The molecule has 3 heterocycles. The molecular weight excluding hydrogens is 339 g/mol. The number of benzene rings is 2. The monoisotopic (exact) mass is 352 g/mol. The fraction of sp³-hybridized carbons (Fsp3) is 0.105. The standard InChI is InChI=1S/C19H13O5P/c20-11-4-6-13-15(9-11)23-16-10-12(21)5-7-14(16)19(13)17-3-1-2-8-25(17)18(22)24-19/h1-10,17,20-21H. The molecule has 2 N–H and O–H groups in total. The Balaban J connectivity index is 1.84. The van der Waals surface area contributed by atoms with Gasteiger partial charge in [-0.2, -0.15) is 0 Å². The largest absolute Gasteiger partial charge is 0.508 e. The highest BCUT2D eigenvalue weighted by Crippen LogP contribution is 2.67. The number of phenolic OH excluding ortho intramolecular Hbond substituents is 2. The molecule has 2 unspecified atom stereocenters. The second kappa shape index (κ2) is 4.87. The number of aromatic hydroxyl groups is 2. The van der Waals surface area contributed by atoms with Crippen molar-refractivity contribution < 1.29 is 24.5 Å². The van der Waals surface area contributed by atoms with Gasteiger partial charge in [0.2, 0.25) is 0 Å². The number of phenols is 2. The van der Waals surface area contributed by atoms with Crippen LogP contribution in [0.1, 0.15) is 11.1 Å². The Morgan fingerprint density at radius 1 is 0.960 bits per heavy atom. The zero-order valence-corrected chi connectivity index (χ0v) is 13.8. The minimum Gasteiger partial charge on any atom is -0.508 e. The van der Waals surface area contributed by atoms with Crippen LogP contribution >= 0.6 is 7.92 Å². The van der Waals surface area contributed by atoms with E-state index < -0.39 is 13.5 Å². The lowest BCUT2D eigenvalue weighted by atomic mass is 9.80. The van der Waals surface area contributed by atoms with Crippen LogP contribution in [0.3, 0.4) is 0 Å². The van der Waals surface area contributed by atoms with Gasteiger partial charge in [-0.3, -0.25) is 0 Å². The molecule has 0 amide bonds. The topological polar surface area (TPSA) is 76.0 Å². The Morgan fingerprint density at radius 2 is 1.60 bits per heavy atom. The summed E-state index contributed by atoms with van der Waals surface area (Å²) in [7, 11) is -1.13. The first-order valence-electron chi connectivity index (χ1n) is 7.81. The van der Waals surface area contributed by atoms with Gasteiger partial charge in [-0.1, -0.05) is 18.2 Å². The molecule has 1 saturated heterocycles. The highest BCUT2D eigenvalue weighted by Gasteiger charge is 2.60. The molecule has 3 aliphatic heterocycles. The Kier molecular flexibility index (Phi) is 2.83. The van der Waals surface area contributed by atoms with Gasteiger partial charge in [-0.25, -0.2) is 4.79 Å². The highest BCUT2D eigenvalue weighted by atomic mass is 31.1. The summed E-state index contributed by atoms with van der Waals surface area (Å²) in [5.41, 5.74) is -0.0245. The first-order valence-corrected chi connectivity index (χ1v) is 9.29. The summed E-state index contributed by atoms with van der Waals surface area (Å²) in [6.45, 7) is 0. The minimum absolute atomic E-state index is 0.0585. The Labute approximate surface area is 144 Å². The van der Waals surface area contributed by atoms with Crippen LogP contribution < -0.4 is 4.74 Å². The average Bonchev–Trinajstić information content (AvgIpc) is 2.88. The lowest BCUT2D eigenvalue weighted by Gasteiger charge is -2.39. The van der Waals surface area contributed by atoms with Gasteiger partial charge in [0.25, 0.3) is 0 Å². The molecular formula is C19H13O5P. The molecule has 3 aliphatic rings. The lowest BCUT2D eigenvalue weighted by molar-refractivity contribution is 0.0680. The van der Waals surface area contributed by atoms with Crippen molar-refractivity contribution in [3.8, 4) is 23.0 Å². The van der Waals surface area contributed by atoms with Gasteiger partial charge in [0.1, 0.15) is 23.0 Å². The Morgan fingerprint density at radius 3 is 2.24 bits per heavy atom. The van der Waals surface area contributed by atoms with E-state index in [9.17, 15) is 15.0 Å². The molecule has 5 rings (SSSR count). The van der Waals surface area contributed by atoms with E-state index >= 15 is 0 Å². The third-order valence-electron chi connectivity index (χ3n) is 4.78. The third kappa shape index (κ3) is 1.84. The molecule has 1 fully saturated rings. The van der Waals surface area contributed by atoms with E-state index in [1.54, 1.807) is 24.3 Å². The zero-order valence-electron chi connectivity index (χ0n) is 12.9. The normalized spacial score (nSPS) is 24.2. The van der Waals surface area contributed by atoms with E-state index in [0.29, 0.717) is 22.6 Å². The van der Waals surface area contributed by atoms with Crippen molar-refractivity contribution in [1.82, 2.24) is 0 Å². The Bertz CT molecular complexity index is 926. The zero-order chi connectivity index (χ0) is 17.2. The van der Waals surface area contributed by atoms with E-state index in [1.165, 1.54) is 12.1 Å². The van der Waals surface area contributed by atoms with Crippen LogP contribution in [0, 0.1) is 0 Å². The minimum atomic E-state index is -1.13. The molecule has 2 aromatic carbocycles. The van der Waals surface area contributed by atoms with Crippen molar-refractivity contribution in [2.24, 2.45) is 0 Å². The number of hydrogen-bond donors (Lipinski definition) is 2. The maximum Gasteiger partial charge on any atom is 0.332 e. The molecule has 2 atom stereocenters. The van der Waals surface area contributed by atoms with Crippen molar-refractivity contribution in [3.05, 3.63) is 71.6 Å². The summed E-state index contributed by atoms with van der Waals surface area (Å²) >= 11 is 0. The number of allylic oxidation sites excluding steroid dienone is 2. The predicted octanol–water partition coefficient (Wildman–Crippen LogP) is 4.53. The number of ether oxygens (including phenoxy) is 2. The van der Waals surface area contributed by atoms with Crippen molar-refractivity contribution in [1.29, 1.82) is 0 Å². The predicted molar refractivity (Wildman–Crippen MR) is 92.5 cm³/mol. The number of rotatable bonds is 0. The summed E-state index contributed by atoms with van der Waals surface area (Å²) in [6, 6.07) is 9.59. The van der Waals surface area contributed by atoms with Gasteiger partial charge >= 0.3 is 5.71 Å². The van der Waals surface area contributed by atoms with Crippen molar-refractivity contribution in [2.45, 2.75) is 11.3 Å². The summed E-state index contributed by atoms with van der Waals surface area (Å²) in [4.78, 5) is 12.6. The maximum atomic E-state index is 12.6. The van der Waals surface area contributed by atoms with Crippen molar-refractivity contribution in [2.75, 3.05) is 0 Å². The number of fused-ring (bicyclic) bond motifs is 6. The van der Waals surface area contributed by atoms with E-state index in [1.807, 2.05) is 24.0 Å². The number of carbonyl (C=O) groups excluding carboxylic acids is 1. The van der Waals surface area contributed by atoms with E-state index in [-0.39, 0.29) is 22.9 Å². The van der Waals surface area contributed by atoms with Crippen LogP contribution in [0.25, 0.3) is 0 Å². The molecule has 1 spiro atoms. The SMILES string of the molecule is O=C1OC2(c3ccc(O)cc3Oc3cc(O)ccc32)C2C=CC=CP12. The Hall–Kier alpha value is -2.78. The average molecular weight is 352 g/mol. The van der Waals surface area contributed by atoms with Gasteiger partial charge in [0.15, 0.2) is 5.60 Å². The first-order chi connectivity index (χ1) is 12.1. The molecule has 0 aliphatic carbocycles. The third-order valence-corrected chi connectivity index (χ3v) is 6.92. The van der Waals surface area contributed by atoms with Crippen LogP contribution in [0.5, 0.6) is 23.0 Å². The molecule has 124 valence electrons. The summed E-state index contributed by atoms with van der Waals surface area (Å²) < 4.78 is 11.9. The smallest absolute Gasteiger partial charge is 0.332 e. The van der Waals surface area contributed by atoms with Gasteiger partial charge in [-0.15, -0.1) is 0 Å². The molecule has 0 bridgehead atoms. The molecule has 0 aromatic heterocycles. The van der Waals surface area contributed by atoms with Gasteiger partial charge in [-0.05, 0) is 30.1 Å². The van der Waals surface area contributed by atoms with E-state index in [2.05, 4.69) is 0 Å². The van der Waals surface area contributed by atoms with Gasteiger partial charge < -0.3 is 19.7 Å². The van der Waals surface area contributed by atoms with Crippen LogP contribution in [-0.2, 0) is 10.3 Å². The van der Waals surface area contributed by atoms with E-state index in [4.69, 9.17) is 9.47 Å². The fourth-order valence-corrected chi connectivity index (χ4v) is 5.83. The first kappa shape index (κ1) is 14.6. The molecule has 6 heteroatoms. The summed E-state index contributed by atoms with van der Waals surface area (Å²) in [5, 5.41) is 19.7. The fourth-order valence-electron chi connectivity index (χ4n) is 3.75. The lowest BCUT2D eigenvalue weighted by Crippen LogP contribution is -2.39. The molecule has 5 nitrogen and oxygen atoms in total. The van der Waals surface area contributed by atoms with Gasteiger partial charge in [0, 0.05) is 31.2 Å². The number of hydrogen-bond acceptors (Lipinski definition) is 5. The van der Waals surface area contributed by atoms with Crippen LogP contribution in [0.4, 0.5) is 4.79 Å². The molecule has 0 radical (unpaired) electrons. The maximum absolute atomic E-state index is 12.6. The molecule has 0 saturated carbocycles. The van der Waals surface area contributed by atoms with Crippen LogP contribution in [0.15, 0.2) is 60.4 Å². The highest BCUT2D eigenvalue weighted by molar-refractivity contribution is 7.78. The summed E-state index contributed by atoms with van der Waals surface area (Å²) in [5.74, 6) is 2.87. The number of carbonyl (C=O) groups is 1. The second-order valence-corrected chi connectivity index (χ2v) is 8.18.